The fourth-order valence-corrected chi connectivity index (χ4v) is 5.49. The lowest BCUT2D eigenvalue weighted by Crippen LogP contribution is -2.28. The fourth-order valence-electron chi connectivity index (χ4n) is 5.49. The monoisotopic (exact) mass is 510 g/mol. The van der Waals surface area contributed by atoms with E-state index in [1.54, 1.807) is 12.1 Å². The van der Waals surface area contributed by atoms with Crippen molar-refractivity contribution in [3.8, 4) is 11.4 Å². The number of hydrogen-bond acceptors (Lipinski definition) is 3. The number of hydrogen-bond donors (Lipinski definition) is 0. The van der Waals surface area contributed by atoms with Gasteiger partial charge in [-0.05, 0) is 61.6 Å². The van der Waals surface area contributed by atoms with E-state index in [4.69, 9.17) is 4.98 Å². The molecule has 1 aromatic heterocycles. The van der Waals surface area contributed by atoms with Crippen LogP contribution >= 0.6 is 0 Å². The summed E-state index contributed by atoms with van der Waals surface area (Å²) in [5.74, 6) is 0.611. The second-order valence-electron chi connectivity index (χ2n) is 10.4. The largest absolute Gasteiger partial charge is 0.372 e. The molecule has 0 N–H and O–H groups in total. The van der Waals surface area contributed by atoms with Crippen LogP contribution in [0.1, 0.15) is 62.4 Å². The first kappa shape index (κ1) is 26.2. The molecule has 1 aliphatic rings. The van der Waals surface area contributed by atoms with Crippen molar-refractivity contribution in [2.45, 2.75) is 65.2 Å². The van der Waals surface area contributed by atoms with Crippen LogP contribution in [0.3, 0.4) is 0 Å². The fraction of sp³-hybridized carbons (Fsp3) is 0.364. The van der Waals surface area contributed by atoms with Crippen LogP contribution in [-0.4, -0.2) is 27.5 Å². The molecule has 1 unspecified atom stereocenters. The first-order valence-electron chi connectivity index (χ1n) is 14.1. The van der Waals surface area contributed by atoms with E-state index in [1.165, 1.54) is 41.4 Å². The summed E-state index contributed by atoms with van der Waals surface area (Å²) in [5.41, 5.74) is 5.92. The van der Waals surface area contributed by atoms with Gasteiger partial charge in [-0.1, -0.05) is 67.9 Å². The molecular weight excluding hydrogens is 471 g/mol. The number of imidazole rings is 1. The highest BCUT2D eigenvalue weighted by atomic mass is 19.1. The lowest BCUT2D eigenvalue weighted by molar-refractivity contribution is 0.185. The van der Waals surface area contributed by atoms with Crippen LogP contribution in [0, 0.1) is 5.82 Å². The molecule has 1 saturated heterocycles. The highest BCUT2D eigenvalue weighted by Crippen LogP contribution is 2.30. The molecule has 3 aromatic carbocycles. The van der Waals surface area contributed by atoms with Gasteiger partial charge in [0.05, 0.1) is 11.9 Å². The second-order valence-corrected chi connectivity index (χ2v) is 10.4. The Morgan fingerprint density at radius 1 is 0.895 bits per heavy atom. The summed E-state index contributed by atoms with van der Waals surface area (Å²) in [6.07, 6.45) is 6.71. The number of anilines is 1. The minimum Gasteiger partial charge on any atom is -0.372 e. The Hall–Kier alpha value is -3.44. The topological polar surface area (TPSA) is 24.3 Å². The third kappa shape index (κ3) is 6.16. The van der Waals surface area contributed by atoms with Crippen LogP contribution in [0.5, 0.6) is 0 Å². The van der Waals surface area contributed by atoms with Gasteiger partial charge >= 0.3 is 0 Å². The van der Waals surface area contributed by atoms with E-state index in [1.807, 2.05) is 12.3 Å². The van der Waals surface area contributed by atoms with Crippen molar-refractivity contribution in [1.29, 1.82) is 0 Å². The van der Waals surface area contributed by atoms with Crippen molar-refractivity contribution in [2.75, 3.05) is 18.0 Å². The Morgan fingerprint density at radius 2 is 1.61 bits per heavy atom. The van der Waals surface area contributed by atoms with Gasteiger partial charge in [0.25, 0.3) is 0 Å². The van der Waals surface area contributed by atoms with Crippen molar-refractivity contribution in [2.24, 2.45) is 0 Å². The number of aromatic nitrogens is 2. The van der Waals surface area contributed by atoms with Crippen molar-refractivity contribution in [1.82, 2.24) is 14.5 Å². The predicted molar refractivity (Wildman–Crippen MR) is 155 cm³/mol. The van der Waals surface area contributed by atoms with Crippen molar-refractivity contribution >= 4 is 5.69 Å². The molecule has 0 aliphatic carbocycles. The maximum absolute atomic E-state index is 14.1. The molecule has 1 aliphatic heterocycles. The maximum atomic E-state index is 14.1. The molecule has 0 saturated carbocycles. The first-order chi connectivity index (χ1) is 18.6. The van der Waals surface area contributed by atoms with Gasteiger partial charge in [0.1, 0.15) is 11.6 Å². The SMILES string of the molecule is CCCCn1c(C(C)N(Cc2ccccc2)Cc2ccc(N3CCCC3)cc2)cnc1-c1cccc(F)c1. The summed E-state index contributed by atoms with van der Waals surface area (Å²) < 4.78 is 16.4. The van der Waals surface area contributed by atoms with E-state index in [0.717, 1.165) is 57.0 Å². The van der Waals surface area contributed by atoms with E-state index in [0.29, 0.717) is 0 Å². The van der Waals surface area contributed by atoms with Crippen LogP contribution in [-0.2, 0) is 19.6 Å². The summed E-state index contributed by atoms with van der Waals surface area (Å²) in [7, 11) is 0. The average molecular weight is 511 g/mol. The van der Waals surface area contributed by atoms with Crippen LogP contribution in [0.25, 0.3) is 11.4 Å². The summed E-state index contributed by atoms with van der Waals surface area (Å²) in [6, 6.07) is 26.7. The molecular formula is C33H39FN4. The number of unbranched alkanes of at least 4 members (excludes halogenated alkanes) is 1. The normalized spacial score (nSPS) is 14.4. The molecule has 1 atom stereocenters. The molecule has 38 heavy (non-hydrogen) atoms. The number of benzene rings is 3. The lowest BCUT2D eigenvalue weighted by atomic mass is 10.1. The number of halogens is 1. The van der Waals surface area contributed by atoms with E-state index in [2.05, 4.69) is 82.8 Å². The van der Waals surface area contributed by atoms with Gasteiger partial charge in [-0.25, -0.2) is 9.37 Å². The van der Waals surface area contributed by atoms with E-state index < -0.39 is 0 Å². The highest BCUT2D eigenvalue weighted by Gasteiger charge is 2.23. The molecule has 5 rings (SSSR count). The van der Waals surface area contributed by atoms with Gasteiger partial charge in [0.15, 0.2) is 0 Å². The Bertz CT molecular complexity index is 1290. The zero-order valence-corrected chi connectivity index (χ0v) is 22.7. The van der Waals surface area contributed by atoms with E-state index in [9.17, 15) is 4.39 Å². The standard InChI is InChI=1S/C33H39FN4/c1-3-4-21-38-32(23-35-33(38)29-13-10-14-30(34)22-29)26(2)37(24-27-11-6-5-7-12-27)25-28-15-17-31(18-16-28)36-19-8-9-20-36/h5-7,10-18,22-23,26H,3-4,8-9,19-21,24-25H2,1-2H3. The van der Waals surface area contributed by atoms with Crippen LogP contribution in [0.15, 0.2) is 85.1 Å². The second kappa shape index (κ2) is 12.4. The van der Waals surface area contributed by atoms with Crippen molar-refractivity contribution < 1.29 is 4.39 Å². The molecule has 0 radical (unpaired) electrons. The van der Waals surface area contributed by atoms with Gasteiger partial charge in [-0.15, -0.1) is 0 Å². The molecule has 4 nitrogen and oxygen atoms in total. The molecule has 2 heterocycles. The number of nitrogens with zero attached hydrogens (tertiary/aromatic N) is 4. The molecule has 4 aromatic rings. The average Bonchev–Trinajstić information content (AvgIpc) is 3.63. The minimum atomic E-state index is -0.231. The smallest absolute Gasteiger partial charge is 0.140 e. The Balaban J connectivity index is 1.45. The predicted octanol–water partition coefficient (Wildman–Crippen LogP) is 7.85. The first-order valence-corrected chi connectivity index (χ1v) is 14.1. The minimum absolute atomic E-state index is 0.125. The summed E-state index contributed by atoms with van der Waals surface area (Å²) in [4.78, 5) is 9.82. The van der Waals surface area contributed by atoms with Gasteiger partial charge < -0.3 is 9.47 Å². The van der Waals surface area contributed by atoms with Gasteiger partial charge in [-0.2, -0.15) is 0 Å². The molecule has 0 amide bonds. The Kier molecular flexibility index (Phi) is 8.54. The van der Waals surface area contributed by atoms with Crippen LogP contribution < -0.4 is 4.90 Å². The zero-order valence-electron chi connectivity index (χ0n) is 22.7. The quantitative estimate of drug-likeness (QED) is 0.205. The third-order valence-electron chi connectivity index (χ3n) is 7.70. The molecule has 0 bridgehead atoms. The summed E-state index contributed by atoms with van der Waals surface area (Å²) >= 11 is 0. The Morgan fingerprint density at radius 3 is 2.29 bits per heavy atom. The van der Waals surface area contributed by atoms with Gasteiger partial charge in [0, 0.05) is 50.0 Å². The molecule has 5 heteroatoms. The summed E-state index contributed by atoms with van der Waals surface area (Å²) in [5, 5.41) is 0. The van der Waals surface area contributed by atoms with E-state index in [-0.39, 0.29) is 11.9 Å². The van der Waals surface area contributed by atoms with Crippen LogP contribution in [0.2, 0.25) is 0 Å². The van der Waals surface area contributed by atoms with Crippen molar-refractivity contribution in [3.05, 3.63) is 108 Å². The molecule has 0 spiro atoms. The maximum Gasteiger partial charge on any atom is 0.140 e. The third-order valence-corrected chi connectivity index (χ3v) is 7.70. The van der Waals surface area contributed by atoms with E-state index >= 15 is 0 Å². The lowest BCUT2D eigenvalue weighted by Gasteiger charge is -2.30. The van der Waals surface area contributed by atoms with Gasteiger partial charge in [0.2, 0.25) is 0 Å². The Labute approximate surface area is 226 Å². The van der Waals surface area contributed by atoms with Gasteiger partial charge in [-0.3, -0.25) is 4.90 Å². The summed E-state index contributed by atoms with van der Waals surface area (Å²) in [6.45, 7) is 9.34. The zero-order chi connectivity index (χ0) is 26.3. The molecule has 1 fully saturated rings. The number of rotatable bonds is 11. The molecule has 198 valence electrons. The van der Waals surface area contributed by atoms with Crippen LogP contribution in [0.4, 0.5) is 10.1 Å². The highest BCUT2D eigenvalue weighted by molar-refractivity contribution is 5.56. The van der Waals surface area contributed by atoms with Crippen molar-refractivity contribution in [3.63, 3.8) is 0 Å².